The summed E-state index contributed by atoms with van der Waals surface area (Å²) in [5, 5.41) is 9.47. The summed E-state index contributed by atoms with van der Waals surface area (Å²) in [5.41, 5.74) is 6.57. The number of ether oxygens (including phenoxy) is 1. The Labute approximate surface area is 90.2 Å². The van der Waals surface area contributed by atoms with E-state index in [-0.39, 0.29) is 11.8 Å². The molecular weight excluding hydrogens is 190 g/mol. The van der Waals surface area contributed by atoms with E-state index in [1.165, 1.54) is 0 Å². The minimum absolute atomic E-state index is 0.0225. The van der Waals surface area contributed by atoms with Gasteiger partial charge in [0, 0.05) is 6.04 Å². The Morgan fingerprint density at radius 1 is 1.53 bits per heavy atom. The standard InChI is InChI=1S/C12H17NO2/c1-3-15-12-8-10(5-4-9(2)13)6-7-11(12)14/h4-9,14H,3,13H2,1-2H3/b5-4+. The molecule has 0 bridgehead atoms. The van der Waals surface area contributed by atoms with Gasteiger partial charge in [-0.1, -0.05) is 18.2 Å². The Morgan fingerprint density at radius 2 is 2.27 bits per heavy atom. The van der Waals surface area contributed by atoms with Crippen molar-refractivity contribution >= 4 is 6.08 Å². The molecule has 0 aliphatic carbocycles. The number of rotatable bonds is 4. The van der Waals surface area contributed by atoms with E-state index in [9.17, 15) is 5.11 Å². The molecule has 15 heavy (non-hydrogen) atoms. The van der Waals surface area contributed by atoms with Gasteiger partial charge < -0.3 is 15.6 Å². The summed E-state index contributed by atoms with van der Waals surface area (Å²) < 4.78 is 5.27. The molecule has 0 heterocycles. The minimum Gasteiger partial charge on any atom is -0.504 e. The summed E-state index contributed by atoms with van der Waals surface area (Å²) in [5.74, 6) is 0.666. The van der Waals surface area contributed by atoms with E-state index in [0.717, 1.165) is 5.56 Å². The molecule has 1 aromatic rings. The number of aromatic hydroxyl groups is 1. The second-order valence-electron chi connectivity index (χ2n) is 3.38. The van der Waals surface area contributed by atoms with Crippen LogP contribution in [0.25, 0.3) is 6.08 Å². The maximum Gasteiger partial charge on any atom is 0.161 e. The third-order valence-electron chi connectivity index (χ3n) is 1.88. The zero-order valence-electron chi connectivity index (χ0n) is 9.10. The van der Waals surface area contributed by atoms with E-state index in [2.05, 4.69) is 0 Å². The fraction of sp³-hybridized carbons (Fsp3) is 0.333. The van der Waals surface area contributed by atoms with Crippen LogP contribution in [0, 0.1) is 0 Å². The molecule has 0 spiro atoms. The fourth-order valence-electron chi connectivity index (χ4n) is 1.17. The van der Waals surface area contributed by atoms with Gasteiger partial charge in [0.1, 0.15) is 0 Å². The van der Waals surface area contributed by atoms with Gasteiger partial charge in [0.25, 0.3) is 0 Å². The highest BCUT2D eigenvalue weighted by Gasteiger charge is 2.01. The first-order chi connectivity index (χ1) is 7.13. The molecule has 0 aromatic heterocycles. The summed E-state index contributed by atoms with van der Waals surface area (Å²) in [6.07, 6.45) is 3.80. The number of hydrogen-bond acceptors (Lipinski definition) is 3. The first kappa shape index (κ1) is 11.6. The zero-order valence-corrected chi connectivity index (χ0v) is 9.10. The summed E-state index contributed by atoms with van der Waals surface area (Å²) in [6.45, 7) is 4.32. The van der Waals surface area contributed by atoms with Gasteiger partial charge in [-0.2, -0.15) is 0 Å². The Hall–Kier alpha value is -1.48. The lowest BCUT2D eigenvalue weighted by atomic mass is 10.1. The Kier molecular flexibility index (Phi) is 4.18. The molecule has 0 saturated carbocycles. The molecule has 0 aliphatic rings. The summed E-state index contributed by atoms with van der Waals surface area (Å²) in [4.78, 5) is 0. The van der Waals surface area contributed by atoms with Crippen molar-refractivity contribution in [2.45, 2.75) is 19.9 Å². The van der Waals surface area contributed by atoms with Crippen molar-refractivity contribution in [3.63, 3.8) is 0 Å². The molecule has 3 heteroatoms. The van der Waals surface area contributed by atoms with Gasteiger partial charge >= 0.3 is 0 Å². The van der Waals surface area contributed by atoms with Crippen LogP contribution < -0.4 is 10.5 Å². The van der Waals surface area contributed by atoms with Crippen molar-refractivity contribution in [3.05, 3.63) is 29.8 Å². The second kappa shape index (κ2) is 5.41. The second-order valence-corrected chi connectivity index (χ2v) is 3.38. The van der Waals surface area contributed by atoms with Crippen LogP contribution in [0.5, 0.6) is 11.5 Å². The molecule has 1 aromatic carbocycles. The maximum absolute atomic E-state index is 9.47. The predicted molar refractivity (Wildman–Crippen MR) is 62.0 cm³/mol. The third kappa shape index (κ3) is 3.64. The molecule has 1 atom stereocenters. The normalized spacial score (nSPS) is 13.0. The molecule has 0 amide bonds. The molecular formula is C12H17NO2. The molecule has 1 unspecified atom stereocenters. The molecule has 0 saturated heterocycles. The molecule has 82 valence electrons. The van der Waals surface area contributed by atoms with Crippen molar-refractivity contribution in [1.82, 2.24) is 0 Å². The number of phenols is 1. The van der Waals surface area contributed by atoms with E-state index in [1.807, 2.05) is 32.1 Å². The van der Waals surface area contributed by atoms with Crippen LogP contribution in [-0.2, 0) is 0 Å². The number of phenolic OH excluding ortho intramolecular Hbond substituents is 1. The summed E-state index contributed by atoms with van der Waals surface area (Å²) in [7, 11) is 0. The highest BCUT2D eigenvalue weighted by molar-refractivity contribution is 5.55. The van der Waals surface area contributed by atoms with Gasteiger partial charge in [0.15, 0.2) is 11.5 Å². The fourth-order valence-corrected chi connectivity index (χ4v) is 1.17. The average molecular weight is 207 g/mol. The van der Waals surface area contributed by atoms with E-state index in [1.54, 1.807) is 12.1 Å². The predicted octanol–water partition coefficient (Wildman–Crippen LogP) is 2.15. The Bertz CT molecular complexity index is 345. The average Bonchev–Trinajstić information content (AvgIpc) is 2.19. The lowest BCUT2D eigenvalue weighted by Crippen LogP contribution is -2.09. The minimum atomic E-state index is 0.0225. The van der Waals surface area contributed by atoms with Crippen molar-refractivity contribution in [1.29, 1.82) is 0 Å². The SMILES string of the molecule is CCOc1cc(/C=C/C(C)N)ccc1O. The number of hydrogen-bond donors (Lipinski definition) is 2. The highest BCUT2D eigenvalue weighted by Crippen LogP contribution is 2.27. The first-order valence-electron chi connectivity index (χ1n) is 5.03. The van der Waals surface area contributed by atoms with E-state index >= 15 is 0 Å². The van der Waals surface area contributed by atoms with Gasteiger partial charge in [0.2, 0.25) is 0 Å². The molecule has 0 fully saturated rings. The molecule has 1 rings (SSSR count). The Balaban J connectivity index is 2.87. The monoisotopic (exact) mass is 207 g/mol. The van der Waals surface area contributed by atoms with Gasteiger partial charge in [-0.25, -0.2) is 0 Å². The van der Waals surface area contributed by atoms with Crippen LogP contribution in [0.2, 0.25) is 0 Å². The van der Waals surface area contributed by atoms with Crippen LogP contribution in [-0.4, -0.2) is 17.8 Å². The van der Waals surface area contributed by atoms with Crippen molar-refractivity contribution in [2.75, 3.05) is 6.61 Å². The van der Waals surface area contributed by atoms with Crippen LogP contribution in [0.15, 0.2) is 24.3 Å². The third-order valence-corrected chi connectivity index (χ3v) is 1.88. The van der Waals surface area contributed by atoms with E-state index in [4.69, 9.17) is 10.5 Å². The van der Waals surface area contributed by atoms with Crippen molar-refractivity contribution < 1.29 is 9.84 Å². The highest BCUT2D eigenvalue weighted by atomic mass is 16.5. The van der Waals surface area contributed by atoms with Gasteiger partial charge in [-0.3, -0.25) is 0 Å². The van der Waals surface area contributed by atoms with Crippen molar-refractivity contribution in [2.24, 2.45) is 5.73 Å². The van der Waals surface area contributed by atoms with Crippen LogP contribution >= 0.6 is 0 Å². The zero-order chi connectivity index (χ0) is 11.3. The molecule has 0 radical (unpaired) electrons. The Morgan fingerprint density at radius 3 is 2.87 bits per heavy atom. The van der Waals surface area contributed by atoms with Gasteiger partial charge in [0.05, 0.1) is 6.61 Å². The van der Waals surface area contributed by atoms with E-state index in [0.29, 0.717) is 12.4 Å². The number of benzene rings is 1. The largest absolute Gasteiger partial charge is 0.504 e. The van der Waals surface area contributed by atoms with Crippen LogP contribution in [0.3, 0.4) is 0 Å². The number of nitrogens with two attached hydrogens (primary N) is 1. The molecule has 3 nitrogen and oxygen atoms in total. The van der Waals surface area contributed by atoms with Gasteiger partial charge in [-0.05, 0) is 31.5 Å². The smallest absolute Gasteiger partial charge is 0.161 e. The van der Waals surface area contributed by atoms with Gasteiger partial charge in [-0.15, -0.1) is 0 Å². The summed E-state index contributed by atoms with van der Waals surface area (Å²) >= 11 is 0. The summed E-state index contributed by atoms with van der Waals surface area (Å²) in [6, 6.07) is 5.25. The lowest BCUT2D eigenvalue weighted by Gasteiger charge is -2.06. The van der Waals surface area contributed by atoms with Crippen LogP contribution in [0.1, 0.15) is 19.4 Å². The van der Waals surface area contributed by atoms with Crippen LogP contribution in [0.4, 0.5) is 0 Å². The first-order valence-corrected chi connectivity index (χ1v) is 5.03. The molecule has 3 N–H and O–H groups in total. The topological polar surface area (TPSA) is 55.5 Å². The van der Waals surface area contributed by atoms with Crippen molar-refractivity contribution in [3.8, 4) is 11.5 Å². The van der Waals surface area contributed by atoms with E-state index < -0.39 is 0 Å². The molecule has 0 aliphatic heterocycles. The maximum atomic E-state index is 9.47. The lowest BCUT2D eigenvalue weighted by molar-refractivity contribution is 0.318. The quantitative estimate of drug-likeness (QED) is 0.795.